The van der Waals surface area contributed by atoms with Gasteiger partial charge in [0.25, 0.3) is 0 Å². The molecule has 0 saturated carbocycles. The van der Waals surface area contributed by atoms with Crippen molar-refractivity contribution in [2.75, 3.05) is 72.5 Å². The summed E-state index contributed by atoms with van der Waals surface area (Å²) in [6, 6.07) is 21.6. The van der Waals surface area contributed by atoms with Crippen LogP contribution in [0.3, 0.4) is 0 Å². The van der Waals surface area contributed by atoms with Crippen LogP contribution in [-0.4, -0.2) is 107 Å². The number of halogens is 12. The lowest BCUT2D eigenvalue weighted by Gasteiger charge is -2.34. The van der Waals surface area contributed by atoms with Crippen LogP contribution in [0.15, 0.2) is 129 Å². The quantitative estimate of drug-likeness (QED) is 0.101. The molecule has 0 spiro atoms. The van der Waals surface area contributed by atoms with Crippen LogP contribution in [0.4, 0.5) is 62.8 Å². The molecular weight excluding hydrogens is 1260 g/mol. The van der Waals surface area contributed by atoms with Crippen molar-refractivity contribution in [2.24, 2.45) is 0 Å². The number of aromatic nitrogens is 4. The highest BCUT2D eigenvalue weighted by atomic mass is 35.5. The standard InChI is InChI=1S/C21H16ClF3N2O3.C20H14ClF3N2O3.C18H12ClF3N4O4/c1-29-20(28)13-5-6-14(16(22)11-13)12-7-9-27(10-8-12)19-18-15(21(23,24)25)3-2-4-17(18)30-26-19;21-15-10-12(19(27)28)4-5-13(15)11-6-8-26(9-7-11)18-17-14(20(22,23)24)2-1-3-16(17)29-25-18;19-11-6-9(17(28)29)7-23-15(11)26-5-4-25(8-13(26)27)16-14-10(18(20,21)22)2-1-3-12(14)30-24-16/h2-7,11H,8-10H2,1H3;1-6,10H,7-9H2,(H,27,28);1-3,6-7H,4-5,8H2,(H,28,29). The minimum Gasteiger partial charge on any atom is -0.478 e. The number of carbonyl (C=O) groups excluding carboxylic acids is 2. The van der Waals surface area contributed by atoms with E-state index < -0.39 is 59.0 Å². The second-order valence-electron chi connectivity index (χ2n) is 19.9. The maximum atomic E-state index is 13.4. The second-order valence-corrected chi connectivity index (χ2v) is 21.1. The van der Waals surface area contributed by atoms with E-state index in [0.717, 1.165) is 41.1 Å². The number of hydrogen-bond donors (Lipinski definition) is 2. The Kier molecular flexibility index (Phi) is 17.6. The van der Waals surface area contributed by atoms with Crippen LogP contribution in [0.5, 0.6) is 0 Å². The molecular formula is C59H42Cl3F9N8O10. The van der Waals surface area contributed by atoms with Gasteiger partial charge in [-0.2, -0.15) is 39.5 Å². The fourth-order valence-electron chi connectivity index (χ4n) is 10.2. The fraction of sp³-hybridized carbons (Fsp3) is 0.220. The van der Waals surface area contributed by atoms with Gasteiger partial charge in [0.05, 0.1) is 68.2 Å². The van der Waals surface area contributed by atoms with Crippen LogP contribution >= 0.6 is 34.8 Å². The van der Waals surface area contributed by atoms with E-state index in [1.54, 1.807) is 28.0 Å². The minimum absolute atomic E-state index is 0.0251. The van der Waals surface area contributed by atoms with Crippen molar-refractivity contribution in [3.63, 3.8) is 0 Å². The topological polar surface area (TPSA) is 222 Å². The van der Waals surface area contributed by atoms with E-state index >= 15 is 0 Å². The molecule has 1 saturated heterocycles. The molecule has 462 valence electrons. The summed E-state index contributed by atoms with van der Waals surface area (Å²) in [5.41, 5.74) is 1.29. The average molecular weight is 1300 g/mol. The number of alkyl halides is 9. The molecule has 4 aromatic heterocycles. The zero-order chi connectivity index (χ0) is 63.9. The zero-order valence-corrected chi connectivity index (χ0v) is 47.9. The number of ether oxygens (including phenoxy) is 1. The first-order valence-corrected chi connectivity index (χ1v) is 27.5. The molecule has 30 heteroatoms. The largest absolute Gasteiger partial charge is 0.478 e. The van der Waals surface area contributed by atoms with Crippen molar-refractivity contribution in [3.05, 3.63) is 175 Å². The number of anilines is 4. The summed E-state index contributed by atoms with van der Waals surface area (Å²) >= 11 is 18.6. The molecule has 3 aliphatic heterocycles. The number of hydrogen-bond acceptors (Lipinski definition) is 15. The third-order valence-electron chi connectivity index (χ3n) is 14.5. The van der Waals surface area contributed by atoms with Crippen molar-refractivity contribution in [2.45, 2.75) is 31.4 Å². The van der Waals surface area contributed by atoms with Crippen LogP contribution in [0.1, 0.15) is 71.7 Å². The third kappa shape index (κ3) is 13.1. The van der Waals surface area contributed by atoms with Gasteiger partial charge < -0.3 is 43.2 Å². The molecule has 12 rings (SSSR count). The molecule has 0 atom stereocenters. The van der Waals surface area contributed by atoms with Gasteiger partial charge in [-0.25, -0.2) is 19.4 Å². The highest BCUT2D eigenvalue weighted by Gasteiger charge is 2.40. The molecule has 9 aromatic rings. The Hall–Kier alpha value is -9.34. The lowest BCUT2D eigenvalue weighted by Crippen LogP contribution is -2.51. The third-order valence-corrected chi connectivity index (χ3v) is 15.4. The van der Waals surface area contributed by atoms with E-state index in [4.69, 9.17) is 58.6 Å². The lowest BCUT2D eigenvalue weighted by molar-refractivity contribution is -0.137. The Morgan fingerprint density at radius 3 is 1.31 bits per heavy atom. The summed E-state index contributed by atoms with van der Waals surface area (Å²) in [5, 5.41) is 29.9. The summed E-state index contributed by atoms with van der Waals surface area (Å²) in [7, 11) is 1.29. The molecule has 0 bridgehead atoms. The molecule has 0 radical (unpaired) electrons. The van der Waals surface area contributed by atoms with Gasteiger partial charge in [-0.05, 0) is 102 Å². The molecule has 7 heterocycles. The van der Waals surface area contributed by atoms with Gasteiger partial charge in [-0.3, -0.25) is 9.69 Å². The SMILES string of the molecule is COC(=O)c1ccc(C2=CCN(c3noc4cccc(C(F)(F)F)c34)CC2)c(Cl)c1.O=C(O)c1ccc(C2=CCN(c3noc4cccc(C(F)(F)F)c34)CC2)c(Cl)c1.O=C(O)c1cnc(N2CCN(c3noc4cccc(C(F)(F)F)c34)CC2=O)c(Cl)c1. The van der Waals surface area contributed by atoms with Crippen LogP contribution in [0.25, 0.3) is 44.1 Å². The van der Waals surface area contributed by atoms with Crippen LogP contribution in [-0.2, 0) is 28.1 Å². The summed E-state index contributed by atoms with van der Waals surface area (Å²) in [6.07, 6.45) is -7.78. The van der Waals surface area contributed by atoms with Crippen LogP contribution < -0.4 is 19.6 Å². The van der Waals surface area contributed by atoms with Crippen LogP contribution in [0.2, 0.25) is 15.1 Å². The van der Waals surface area contributed by atoms with Gasteiger partial charge in [0.2, 0.25) is 5.91 Å². The fourth-order valence-corrected chi connectivity index (χ4v) is 11.1. The van der Waals surface area contributed by atoms with Gasteiger partial charge >= 0.3 is 36.4 Å². The number of carboxylic acid groups (broad SMARTS) is 2. The molecule has 1 amide bonds. The molecule has 5 aromatic carbocycles. The molecule has 3 aliphatic rings. The van der Waals surface area contributed by atoms with Crippen molar-refractivity contribution >= 4 is 126 Å². The number of rotatable bonds is 9. The van der Waals surface area contributed by atoms with Crippen molar-refractivity contribution in [3.8, 4) is 0 Å². The summed E-state index contributed by atoms with van der Waals surface area (Å²) in [6.45, 7) is 1.43. The van der Waals surface area contributed by atoms with E-state index in [9.17, 15) is 58.7 Å². The smallest absolute Gasteiger partial charge is 0.417 e. The zero-order valence-electron chi connectivity index (χ0n) is 45.6. The summed E-state index contributed by atoms with van der Waals surface area (Å²) in [5.74, 6) is -2.94. The number of fused-ring (bicyclic) bond motifs is 3. The summed E-state index contributed by atoms with van der Waals surface area (Å²) in [4.78, 5) is 56.4. The molecule has 2 N–H and O–H groups in total. The Bertz CT molecular complexity index is 4320. The number of benzene rings is 5. The highest BCUT2D eigenvalue weighted by Crippen LogP contribution is 2.44. The van der Waals surface area contributed by atoms with E-state index in [2.05, 4.69) is 25.2 Å². The minimum atomic E-state index is -4.62. The first-order valence-electron chi connectivity index (χ1n) is 26.3. The van der Waals surface area contributed by atoms with E-state index in [1.165, 1.54) is 77.6 Å². The Balaban J connectivity index is 0.000000147. The summed E-state index contributed by atoms with van der Waals surface area (Å²) < 4.78 is 141. The molecule has 0 unspecified atom stereocenters. The Morgan fingerprint density at radius 2 is 0.944 bits per heavy atom. The number of esters is 1. The molecule has 89 heavy (non-hydrogen) atoms. The van der Waals surface area contributed by atoms with Gasteiger partial charge in [-0.15, -0.1) is 0 Å². The highest BCUT2D eigenvalue weighted by molar-refractivity contribution is 6.34. The monoisotopic (exact) mass is 1300 g/mol. The van der Waals surface area contributed by atoms with E-state index in [0.29, 0.717) is 60.2 Å². The van der Waals surface area contributed by atoms with Gasteiger partial charge in [0.1, 0.15) is 0 Å². The van der Waals surface area contributed by atoms with Gasteiger partial charge in [0.15, 0.2) is 40.0 Å². The Morgan fingerprint density at radius 1 is 0.528 bits per heavy atom. The number of piperazine rings is 1. The van der Waals surface area contributed by atoms with Crippen molar-refractivity contribution < 1.29 is 87.2 Å². The molecule has 1 fully saturated rings. The first kappa shape index (κ1) is 62.7. The normalized spacial score (nSPS) is 14.9. The van der Waals surface area contributed by atoms with Crippen molar-refractivity contribution in [1.82, 2.24) is 20.5 Å². The van der Waals surface area contributed by atoms with E-state index in [1.807, 2.05) is 12.2 Å². The maximum absolute atomic E-state index is 13.4. The number of carbonyl (C=O) groups is 4. The number of carboxylic acids is 2. The lowest BCUT2D eigenvalue weighted by atomic mass is 9.98. The maximum Gasteiger partial charge on any atom is 0.417 e. The van der Waals surface area contributed by atoms with Crippen LogP contribution in [0, 0.1) is 0 Å². The number of pyridine rings is 1. The van der Waals surface area contributed by atoms with E-state index in [-0.39, 0.29) is 92.0 Å². The molecule has 18 nitrogen and oxygen atoms in total. The number of aromatic carboxylic acids is 2. The number of nitrogens with zero attached hydrogens (tertiary/aromatic N) is 8. The first-order chi connectivity index (χ1) is 42.2. The van der Waals surface area contributed by atoms with Crippen molar-refractivity contribution in [1.29, 1.82) is 0 Å². The predicted octanol–water partition coefficient (Wildman–Crippen LogP) is 14.5. The second kappa shape index (κ2) is 25.0. The Labute approximate surface area is 510 Å². The van der Waals surface area contributed by atoms with Gasteiger partial charge in [-0.1, -0.05) is 92.8 Å². The number of methoxy groups -OCH3 is 1. The number of amides is 1. The predicted molar refractivity (Wildman–Crippen MR) is 309 cm³/mol. The average Bonchev–Trinajstić information content (AvgIpc) is 2.84. The van der Waals surface area contributed by atoms with Gasteiger partial charge in [0, 0.05) is 55.5 Å². The molecule has 0 aliphatic carbocycles.